The molecule has 1 saturated heterocycles. The van der Waals surface area contributed by atoms with Crippen molar-refractivity contribution in [2.75, 3.05) is 30.3 Å². The molecule has 0 saturated carbocycles. The topological polar surface area (TPSA) is 107 Å². The minimum atomic E-state index is -0.915. The third-order valence-electron chi connectivity index (χ3n) is 3.02. The van der Waals surface area contributed by atoms with Gasteiger partial charge in [-0.1, -0.05) is 11.6 Å². The molecule has 1 aromatic carbocycles. The largest absolute Gasteiger partial charge is 0.397 e. The summed E-state index contributed by atoms with van der Waals surface area (Å²) in [5.74, 6) is 0.368. The molecule has 0 atom stereocenters. The number of benzene rings is 1. The summed E-state index contributed by atoms with van der Waals surface area (Å²) in [6, 6.07) is 2.23. The molecule has 0 spiro atoms. The number of non-ortho nitro benzene ring substituents is 1. The fourth-order valence-electron chi connectivity index (χ4n) is 1.90. The van der Waals surface area contributed by atoms with E-state index in [0.717, 1.165) is 12.1 Å². The molecule has 0 aromatic heterocycles. The van der Waals surface area contributed by atoms with Crippen LogP contribution in [-0.4, -0.2) is 44.5 Å². The van der Waals surface area contributed by atoms with Crippen LogP contribution in [0.2, 0.25) is 5.02 Å². The highest BCUT2D eigenvalue weighted by atomic mass is 35.5. The number of amides is 1. The molecule has 9 heteroatoms. The van der Waals surface area contributed by atoms with Crippen LogP contribution in [0.3, 0.4) is 0 Å². The summed E-state index contributed by atoms with van der Waals surface area (Å²) < 4.78 is 11.3. The van der Waals surface area contributed by atoms with Gasteiger partial charge in [0.15, 0.2) is 0 Å². The van der Waals surface area contributed by atoms with E-state index in [0.29, 0.717) is 24.6 Å². The number of nitrogen functional groups attached to an aromatic ring is 1. The second kappa shape index (κ2) is 5.76. The summed E-state index contributed by atoms with van der Waals surface area (Å²) in [6.45, 7) is 0.677. The maximum absolute atomic E-state index is 12.3. The average Bonchev–Trinajstić information content (AvgIpc) is 2.41. The Morgan fingerprint density at radius 3 is 2.55 bits per heavy atom. The van der Waals surface area contributed by atoms with Gasteiger partial charge in [0, 0.05) is 47.5 Å². The lowest BCUT2D eigenvalue weighted by molar-refractivity contribution is -0.384. The molecular formula is C11H12ClN3O4S. The van der Waals surface area contributed by atoms with Crippen molar-refractivity contribution in [2.24, 2.45) is 0 Å². The van der Waals surface area contributed by atoms with Crippen molar-refractivity contribution >= 4 is 39.7 Å². The van der Waals surface area contributed by atoms with Gasteiger partial charge in [-0.15, -0.1) is 0 Å². The zero-order valence-electron chi connectivity index (χ0n) is 10.4. The molecule has 108 valence electrons. The van der Waals surface area contributed by atoms with E-state index in [1.165, 1.54) is 4.90 Å². The van der Waals surface area contributed by atoms with Crippen molar-refractivity contribution in [3.63, 3.8) is 0 Å². The van der Waals surface area contributed by atoms with E-state index < -0.39 is 21.6 Å². The number of hydrogen-bond donors (Lipinski definition) is 1. The quantitative estimate of drug-likeness (QED) is 0.498. The monoisotopic (exact) mass is 317 g/mol. The number of nitro groups is 1. The van der Waals surface area contributed by atoms with Crippen molar-refractivity contribution < 1.29 is 13.9 Å². The Hall–Kier alpha value is -1.67. The van der Waals surface area contributed by atoms with Crippen LogP contribution in [0.5, 0.6) is 0 Å². The van der Waals surface area contributed by atoms with Crippen molar-refractivity contribution in [1.82, 2.24) is 4.90 Å². The first-order valence-corrected chi connectivity index (χ1v) is 7.64. The van der Waals surface area contributed by atoms with Gasteiger partial charge in [0.25, 0.3) is 11.6 Å². The number of rotatable bonds is 2. The Labute approximate surface area is 122 Å². The summed E-state index contributed by atoms with van der Waals surface area (Å²) in [5.41, 5.74) is 5.47. The summed E-state index contributed by atoms with van der Waals surface area (Å²) in [6.07, 6.45) is 0. The van der Waals surface area contributed by atoms with Gasteiger partial charge in [-0.05, 0) is 0 Å². The molecular weight excluding hydrogens is 306 g/mol. The molecule has 1 amide bonds. The molecule has 2 N–H and O–H groups in total. The first kappa shape index (κ1) is 14.7. The van der Waals surface area contributed by atoms with Crippen LogP contribution in [0.15, 0.2) is 12.1 Å². The van der Waals surface area contributed by atoms with Gasteiger partial charge in [-0.2, -0.15) is 0 Å². The Bertz CT molecular complexity index is 598. The van der Waals surface area contributed by atoms with Gasteiger partial charge in [0.2, 0.25) is 0 Å². The SMILES string of the molecule is Nc1c(Cl)cc([N+](=O)[O-])cc1C(=O)N1CCS(=O)CC1. The predicted molar refractivity (Wildman–Crippen MR) is 76.3 cm³/mol. The van der Waals surface area contributed by atoms with Crippen LogP contribution in [-0.2, 0) is 10.8 Å². The first-order valence-electron chi connectivity index (χ1n) is 5.78. The second-order valence-corrected chi connectivity index (χ2v) is 6.39. The van der Waals surface area contributed by atoms with Crippen molar-refractivity contribution in [3.05, 3.63) is 32.8 Å². The highest BCUT2D eigenvalue weighted by Crippen LogP contribution is 2.29. The maximum Gasteiger partial charge on any atom is 0.271 e. The number of nitro benzene ring substituents is 1. The number of carbonyl (C=O) groups is 1. The van der Waals surface area contributed by atoms with E-state index in [1.54, 1.807) is 0 Å². The Kier molecular flexibility index (Phi) is 4.24. The Morgan fingerprint density at radius 2 is 2.00 bits per heavy atom. The fraction of sp³-hybridized carbons (Fsp3) is 0.364. The molecule has 20 heavy (non-hydrogen) atoms. The highest BCUT2D eigenvalue weighted by molar-refractivity contribution is 7.85. The van der Waals surface area contributed by atoms with Crippen molar-refractivity contribution in [1.29, 1.82) is 0 Å². The standard InChI is InChI=1S/C11H12ClN3O4S/c12-9-6-7(15(17)18)5-8(10(9)13)11(16)14-1-3-20(19)4-2-14/h5-6H,1-4,13H2. The summed E-state index contributed by atoms with van der Waals surface area (Å²) in [5, 5.41) is 10.8. The van der Waals surface area contributed by atoms with E-state index in [-0.39, 0.29) is 22.0 Å². The van der Waals surface area contributed by atoms with E-state index in [9.17, 15) is 19.1 Å². The van der Waals surface area contributed by atoms with Gasteiger partial charge in [0.05, 0.1) is 21.2 Å². The minimum Gasteiger partial charge on any atom is -0.397 e. The zero-order valence-corrected chi connectivity index (χ0v) is 11.9. The van der Waals surface area contributed by atoms with Crippen molar-refractivity contribution in [2.45, 2.75) is 0 Å². The van der Waals surface area contributed by atoms with Gasteiger partial charge >= 0.3 is 0 Å². The lowest BCUT2D eigenvalue weighted by Crippen LogP contribution is -2.42. The zero-order chi connectivity index (χ0) is 14.9. The predicted octanol–water partition coefficient (Wildman–Crippen LogP) is 1.03. The van der Waals surface area contributed by atoms with Crippen LogP contribution >= 0.6 is 11.6 Å². The fourth-order valence-corrected chi connectivity index (χ4v) is 3.16. The third kappa shape index (κ3) is 2.91. The number of hydrogen-bond acceptors (Lipinski definition) is 5. The molecule has 1 aliphatic heterocycles. The van der Waals surface area contributed by atoms with Crippen molar-refractivity contribution in [3.8, 4) is 0 Å². The second-order valence-electron chi connectivity index (χ2n) is 4.29. The molecule has 7 nitrogen and oxygen atoms in total. The Balaban J connectivity index is 2.34. The van der Waals surface area contributed by atoms with Gasteiger partial charge in [0.1, 0.15) is 0 Å². The smallest absolute Gasteiger partial charge is 0.271 e. The number of nitrogens with two attached hydrogens (primary N) is 1. The van der Waals surface area contributed by atoms with E-state index >= 15 is 0 Å². The number of carbonyl (C=O) groups excluding carboxylic acids is 1. The number of nitrogens with zero attached hydrogens (tertiary/aromatic N) is 2. The van der Waals surface area contributed by atoms with Crippen LogP contribution in [0, 0.1) is 10.1 Å². The number of halogens is 1. The van der Waals surface area contributed by atoms with E-state index in [1.807, 2.05) is 0 Å². The first-order chi connectivity index (χ1) is 9.40. The normalized spacial score (nSPS) is 16.1. The summed E-state index contributed by atoms with van der Waals surface area (Å²) in [7, 11) is -0.915. The molecule has 1 aliphatic rings. The molecule has 0 bridgehead atoms. The van der Waals surface area contributed by atoms with Gasteiger partial charge < -0.3 is 10.6 Å². The minimum absolute atomic E-state index is 0.0110. The van der Waals surface area contributed by atoms with Crippen LogP contribution in [0.4, 0.5) is 11.4 Å². The molecule has 0 unspecified atom stereocenters. The lowest BCUT2D eigenvalue weighted by atomic mass is 10.1. The van der Waals surface area contributed by atoms with E-state index in [2.05, 4.69) is 0 Å². The molecule has 0 radical (unpaired) electrons. The molecule has 2 rings (SSSR count). The average molecular weight is 318 g/mol. The van der Waals surface area contributed by atoms with Crippen LogP contribution in [0.25, 0.3) is 0 Å². The lowest BCUT2D eigenvalue weighted by Gasteiger charge is -2.26. The molecule has 0 aliphatic carbocycles. The summed E-state index contributed by atoms with van der Waals surface area (Å²) >= 11 is 5.82. The maximum atomic E-state index is 12.3. The van der Waals surface area contributed by atoms with Gasteiger partial charge in [-0.25, -0.2) is 0 Å². The van der Waals surface area contributed by atoms with Gasteiger partial charge in [-0.3, -0.25) is 19.1 Å². The van der Waals surface area contributed by atoms with Crippen LogP contribution < -0.4 is 5.73 Å². The van der Waals surface area contributed by atoms with Crippen LogP contribution in [0.1, 0.15) is 10.4 Å². The highest BCUT2D eigenvalue weighted by Gasteiger charge is 2.25. The number of anilines is 1. The summed E-state index contributed by atoms with van der Waals surface area (Å²) in [4.78, 5) is 24.0. The van der Waals surface area contributed by atoms with E-state index in [4.69, 9.17) is 17.3 Å². The molecule has 1 fully saturated rings. The third-order valence-corrected chi connectivity index (χ3v) is 4.61. The molecule has 1 aromatic rings. The molecule has 1 heterocycles. The Morgan fingerprint density at radius 1 is 1.40 bits per heavy atom.